The molecule has 196 valence electrons. The number of aromatic nitrogens is 4. The SMILES string of the molecule is c1ccc(-c2nc(-n3c4ccccc4c4ccc5c6ccccc6n(-c6ccccc6)c5c43)nc3ccccc23)cc1. The molecular formula is C38H24N4. The van der Waals surface area contributed by atoms with Crippen LogP contribution >= 0.6 is 0 Å². The second kappa shape index (κ2) is 8.88. The van der Waals surface area contributed by atoms with Crippen LogP contribution in [0, 0.1) is 0 Å². The molecule has 6 aromatic carbocycles. The van der Waals surface area contributed by atoms with E-state index in [4.69, 9.17) is 9.97 Å². The van der Waals surface area contributed by atoms with Crippen LogP contribution < -0.4 is 0 Å². The zero-order valence-corrected chi connectivity index (χ0v) is 22.6. The molecule has 0 amide bonds. The van der Waals surface area contributed by atoms with E-state index in [-0.39, 0.29) is 0 Å². The summed E-state index contributed by atoms with van der Waals surface area (Å²) in [5.74, 6) is 0.663. The van der Waals surface area contributed by atoms with Crippen LogP contribution in [0.25, 0.3) is 77.4 Å². The zero-order valence-electron chi connectivity index (χ0n) is 22.6. The Bertz CT molecular complexity index is 2450. The van der Waals surface area contributed by atoms with Crippen LogP contribution in [-0.4, -0.2) is 19.1 Å². The predicted molar refractivity (Wildman–Crippen MR) is 174 cm³/mol. The van der Waals surface area contributed by atoms with Crippen molar-refractivity contribution in [3.63, 3.8) is 0 Å². The fourth-order valence-electron chi connectivity index (χ4n) is 6.53. The van der Waals surface area contributed by atoms with Crippen LogP contribution in [0.15, 0.2) is 146 Å². The quantitative estimate of drug-likeness (QED) is 0.225. The van der Waals surface area contributed by atoms with Crippen molar-refractivity contribution in [2.45, 2.75) is 0 Å². The summed E-state index contributed by atoms with van der Waals surface area (Å²) in [4.78, 5) is 10.5. The molecule has 0 atom stereocenters. The second-order valence-electron chi connectivity index (χ2n) is 10.7. The van der Waals surface area contributed by atoms with Gasteiger partial charge in [0.25, 0.3) is 0 Å². The lowest BCUT2D eigenvalue weighted by Crippen LogP contribution is -2.04. The lowest BCUT2D eigenvalue weighted by Gasteiger charge is -2.13. The van der Waals surface area contributed by atoms with Crippen molar-refractivity contribution in [3.05, 3.63) is 146 Å². The molecule has 0 saturated carbocycles. The minimum Gasteiger partial charge on any atom is -0.307 e. The van der Waals surface area contributed by atoms with Gasteiger partial charge in [-0.15, -0.1) is 0 Å². The highest BCUT2D eigenvalue weighted by Gasteiger charge is 2.22. The summed E-state index contributed by atoms with van der Waals surface area (Å²) in [5, 5.41) is 5.82. The molecule has 3 aromatic heterocycles. The monoisotopic (exact) mass is 536 g/mol. The number of hydrogen-bond acceptors (Lipinski definition) is 2. The molecule has 42 heavy (non-hydrogen) atoms. The van der Waals surface area contributed by atoms with Gasteiger partial charge in [0, 0.05) is 38.2 Å². The Morgan fingerprint density at radius 2 is 0.905 bits per heavy atom. The maximum Gasteiger partial charge on any atom is 0.235 e. The molecule has 0 fully saturated rings. The van der Waals surface area contributed by atoms with Crippen LogP contribution in [0.3, 0.4) is 0 Å². The van der Waals surface area contributed by atoms with Gasteiger partial charge in [0.2, 0.25) is 5.95 Å². The average Bonchev–Trinajstić information content (AvgIpc) is 3.58. The largest absolute Gasteiger partial charge is 0.307 e. The normalized spacial score (nSPS) is 11.8. The fraction of sp³-hybridized carbons (Fsp3) is 0. The van der Waals surface area contributed by atoms with Gasteiger partial charge >= 0.3 is 0 Å². The van der Waals surface area contributed by atoms with Crippen LogP contribution in [0.2, 0.25) is 0 Å². The van der Waals surface area contributed by atoms with Crippen LogP contribution in [-0.2, 0) is 0 Å². The Balaban J connectivity index is 1.51. The molecule has 0 unspecified atom stereocenters. The highest BCUT2D eigenvalue weighted by atomic mass is 15.2. The first-order valence-electron chi connectivity index (χ1n) is 14.2. The van der Waals surface area contributed by atoms with Crippen LogP contribution in [0.5, 0.6) is 0 Å². The lowest BCUT2D eigenvalue weighted by molar-refractivity contribution is 1.01. The van der Waals surface area contributed by atoms with Gasteiger partial charge in [-0.1, -0.05) is 115 Å². The molecule has 0 aliphatic heterocycles. The van der Waals surface area contributed by atoms with Gasteiger partial charge in [0.05, 0.1) is 33.3 Å². The first-order chi connectivity index (χ1) is 20.9. The summed E-state index contributed by atoms with van der Waals surface area (Å²) < 4.78 is 4.66. The van der Waals surface area contributed by atoms with Gasteiger partial charge in [-0.25, -0.2) is 9.97 Å². The molecular weight excluding hydrogens is 512 g/mol. The summed E-state index contributed by atoms with van der Waals surface area (Å²) >= 11 is 0. The maximum atomic E-state index is 5.32. The van der Waals surface area contributed by atoms with E-state index >= 15 is 0 Å². The Hall–Kier alpha value is -5.74. The first kappa shape index (κ1) is 23.0. The molecule has 9 rings (SSSR count). The van der Waals surface area contributed by atoms with Crippen molar-refractivity contribution >= 4 is 54.5 Å². The summed E-state index contributed by atoms with van der Waals surface area (Å²) in [6.45, 7) is 0. The van der Waals surface area contributed by atoms with E-state index in [1.807, 2.05) is 12.1 Å². The van der Waals surface area contributed by atoms with Crippen molar-refractivity contribution in [1.29, 1.82) is 0 Å². The fourth-order valence-corrected chi connectivity index (χ4v) is 6.53. The highest BCUT2D eigenvalue weighted by Crippen LogP contribution is 2.41. The topological polar surface area (TPSA) is 35.6 Å². The summed E-state index contributed by atoms with van der Waals surface area (Å²) in [6, 6.07) is 51.1. The number of benzene rings is 6. The summed E-state index contributed by atoms with van der Waals surface area (Å²) in [7, 11) is 0. The lowest BCUT2D eigenvalue weighted by atomic mass is 10.1. The van der Waals surface area contributed by atoms with Crippen molar-refractivity contribution in [2.75, 3.05) is 0 Å². The Morgan fingerprint density at radius 3 is 1.60 bits per heavy atom. The Kier molecular flexibility index (Phi) is 4.87. The third-order valence-electron chi connectivity index (χ3n) is 8.32. The molecule has 0 saturated heterocycles. The van der Waals surface area contributed by atoms with E-state index in [1.165, 1.54) is 27.1 Å². The van der Waals surface area contributed by atoms with E-state index in [1.54, 1.807) is 0 Å². The minimum atomic E-state index is 0.663. The first-order valence-corrected chi connectivity index (χ1v) is 14.2. The number of rotatable bonds is 3. The summed E-state index contributed by atoms with van der Waals surface area (Å²) in [6.07, 6.45) is 0. The van der Waals surface area contributed by atoms with Gasteiger partial charge in [0.1, 0.15) is 0 Å². The summed E-state index contributed by atoms with van der Waals surface area (Å²) in [5.41, 5.74) is 8.55. The van der Waals surface area contributed by atoms with Gasteiger partial charge in [-0.3, -0.25) is 4.57 Å². The molecule has 3 heterocycles. The number of hydrogen-bond donors (Lipinski definition) is 0. The zero-order chi connectivity index (χ0) is 27.6. The smallest absolute Gasteiger partial charge is 0.235 e. The predicted octanol–water partition coefficient (Wildman–Crippen LogP) is 9.49. The maximum absolute atomic E-state index is 5.32. The van der Waals surface area contributed by atoms with Gasteiger partial charge in [-0.05, 0) is 30.3 Å². The van der Waals surface area contributed by atoms with Crippen molar-refractivity contribution < 1.29 is 0 Å². The Morgan fingerprint density at radius 1 is 0.381 bits per heavy atom. The molecule has 0 spiro atoms. The minimum absolute atomic E-state index is 0.663. The molecule has 0 N–H and O–H groups in total. The van der Waals surface area contributed by atoms with Crippen molar-refractivity contribution in [1.82, 2.24) is 19.1 Å². The van der Waals surface area contributed by atoms with E-state index < -0.39 is 0 Å². The second-order valence-corrected chi connectivity index (χ2v) is 10.7. The third kappa shape index (κ3) is 3.23. The third-order valence-corrected chi connectivity index (χ3v) is 8.32. The number of fused-ring (bicyclic) bond motifs is 8. The molecule has 0 aliphatic carbocycles. The van der Waals surface area contributed by atoms with Crippen LogP contribution in [0.1, 0.15) is 0 Å². The van der Waals surface area contributed by atoms with E-state index in [0.717, 1.165) is 44.4 Å². The number of para-hydroxylation sites is 4. The molecule has 4 nitrogen and oxygen atoms in total. The van der Waals surface area contributed by atoms with Crippen molar-refractivity contribution in [3.8, 4) is 22.9 Å². The molecule has 4 heteroatoms. The molecule has 9 aromatic rings. The van der Waals surface area contributed by atoms with E-state index in [2.05, 4.69) is 143 Å². The number of nitrogens with zero attached hydrogens (tertiary/aromatic N) is 4. The molecule has 0 radical (unpaired) electrons. The molecule has 0 bridgehead atoms. The standard InChI is InChI=1S/C38H24N4/c1-3-13-25(14-4-1)35-31-19-7-10-20-32(31)39-38(40-35)42-34-22-12-9-18-28(34)30-24-23-29-27-17-8-11-21-33(27)41(36(29)37(30)42)26-15-5-2-6-16-26/h1-24H. The van der Waals surface area contributed by atoms with E-state index in [0.29, 0.717) is 5.95 Å². The Labute approximate surface area is 241 Å². The van der Waals surface area contributed by atoms with Gasteiger partial charge < -0.3 is 4.57 Å². The van der Waals surface area contributed by atoms with Gasteiger partial charge in [-0.2, -0.15) is 0 Å². The van der Waals surface area contributed by atoms with E-state index in [9.17, 15) is 0 Å². The molecule has 0 aliphatic rings. The van der Waals surface area contributed by atoms with Gasteiger partial charge in [0.15, 0.2) is 0 Å². The average molecular weight is 537 g/mol. The van der Waals surface area contributed by atoms with Crippen LogP contribution in [0.4, 0.5) is 0 Å². The highest BCUT2D eigenvalue weighted by molar-refractivity contribution is 6.23. The van der Waals surface area contributed by atoms with Crippen molar-refractivity contribution in [2.24, 2.45) is 0 Å².